The van der Waals surface area contributed by atoms with Crippen molar-refractivity contribution >= 4 is 22.4 Å². The maximum absolute atomic E-state index is 12.5. The summed E-state index contributed by atoms with van der Waals surface area (Å²) in [5, 5.41) is 6.30. The number of carbonyl (C=O) groups is 1. The Morgan fingerprint density at radius 3 is 2.64 bits per heavy atom. The van der Waals surface area contributed by atoms with Gasteiger partial charge >= 0.3 is 0 Å². The summed E-state index contributed by atoms with van der Waals surface area (Å²) in [5.41, 5.74) is 1.19. The van der Waals surface area contributed by atoms with E-state index in [1.807, 2.05) is 29.8 Å². The lowest BCUT2D eigenvalue weighted by Crippen LogP contribution is -2.49. The minimum atomic E-state index is 0.107. The molecule has 1 aromatic carbocycles. The number of aromatic nitrogens is 1. The van der Waals surface area contributed by atoms with Crippen LogP contribution in [0.15, 0.2) is 41.9 Å². The van der Waals surface area contributed by atoms with Crippen molar-refractivity contribution < 1.29 is 4.79 Å². The highest BCUT2D eigenvalue weighted by molar-refractivity contribution is 7.13. The van der Waals surface area contributed by atoms with Gasteiger partial charge in [-0.05, 0) is 12.0 Å². The molecule has 5 nitrogen and oxygen atoms in total. The van der Waals surface area contributed by atoms with Crippen molar-refractivity contribution in [1.29, 1.82) is 0 Å². The van der Waals surface area contributed by atoms with Gasteiger partial charge in [0.25, 0.3) is 0 Å². The van der Waals surface area contributed by atoms with Gasteiger partial charge in [0.15, 0.2) is 5.13 Å². The Bertz CT molecular complexity index is 639. The molecule has 1 saturated heterocycles. The Morgan fingerprint density at radius 2 is 2.00 bits per heavy atom. The third-order valence-electron chi connectivity index (χ3n) is 4.54. The average molecular weight is 359 g/mol. The molecule has 0 bridgehead atoms. The predicted octanol–water partition coefficient (Wildman–Crippen LogP) is 2.92. The summed E-state index contributed by atoms with van der Waals surface area (Å²) in [5.74, 6) is 0.116. The van der Waals surface area contributed by atoms with Crippen molar-refractivity contribution in [1.82, 2.24) is 15.2 Å². The maximum atomic E-state index is 12.5. The zero-order valence-electron chi connectivity index (χ0n) is 14.7. The number of carbonyl (C=O) groups excluding carboxylic acids is 1. The van der Waals surface area contributed by atoms with E-state index in [2.05, 4.69) is 39.2 Å². The second-order valence-corrected chi connectivity index (χ2v) is 7.27. The van der Waals surface area contributed by atoms with Gasteiger partial charge in [-0.2, -0.15) is 0 Å². The number of thiazole rings is 1. The minimum absolute atomic E-state index is 0.107. The lowest BCUT2D eigenvalue weighted by atomic mass is 10.0. The monoisotopic (exact) mass is 358 g/mol. The summed E-state index contributed by atoms with van der Waals surface area (Å²) in [7, 11) is 0. The predicted molar refractivity (Wildman–Crippen MR) is 103 cm³/mol. The number of anilines is 1. The first-order valence-corrected chi connectivity index (χ1v) is 9.85. The van der Waals surface area contributed by atoms with E-state index in [0.717, 1.165) is 44.2 Å². The molecule has 1 N–H and O–H groups in total. The largest absolute Gasteiger partial charge is 0.348 e. The van der Waals surface area contributed by atoms with Crippen LogP contribution < -0.4 is 10.2 Å². The van der Waals surface area contributed by atoms with Gasteiger partial charge in [-0.25, -0.2) is 4.98 Å². The SMILES string of the molecule is CCCC(NC(=O)CN1CCN(c2nccs2)CC1)c1ccccc1. The van der Waals surface area contributed by atoms with Crippen molar-refractivity contribution in [2.75, 3.05) is 37.6 Å². The van der Waals surface area contributed by atoms with Crippen LogP contribution in [-0.4, -0.2) is 48.5 Å². The molecule has 134 valence electrons. The van der Waals surface area contributed by atoms with E-state index >= 15 is 0 Å². The molecule has 25 heavy (non-hydrogen) atoms. The van der Waals surface area contributed by atoms with E-state index in [9.17, 15) is 4.79 Å². The molecule has 0 spiro atoms. The van der Waals surface area contributed by atoms with Gasteiger partial charge in [0.2, 0.25) is 5.91 Å². The quantitative estimate of drug-likeness (QED) is 0.827. The molecule has 2 heterocycles. The molecule has 1 atom stereocenters. The summed E-state index contributed by atoms with van der Waals surface area (Å²) in [6.07, 6.45) is 3.86. The molecule has 0 saturated carbocycles. The first-order chi connectivity index (χ1) is 12.3. The third-order valence-corrected chi connectivity index (χ3v) is 5.38. The van der Waals surface area contributed by atoms with Gasteiger partial charge in [0.05, 0.1) is 12.6 Å². The molecule has 6 heteroatoms. The Balaban J connectivity index is 1.49. The standard InChI is InChI=1S/C19H26N4OS/c1-2-6-17(16-7-4-3-5-8-16)21-18(24)15-22-10-12-23(13-11-22)19-20-9-14-25-19/h3-5,7-9,14,17H,2,6,10-13,15H2,1H3,(H,21,24). The van der Waals surface area contributed by atoms with Crippen LogP contribution in [0.5, 0.6) is 0 Å². The van der Waals surface area contributed by atoms with Crippen LogP contribution in [0.1, 0.15) is 31.4 Å². The molecule has 3 rings (SSSR count). The van der Waals surface area contributed by atoms with Crippen molar-refractivity contribution in [3.63, 3.8) is 0 Å². The van der Waals surface area contributed by atoms with Crippen LogP contribution in [0.4, 0.5) is 5.13 Å². The van der Waals surface area contributed by atoms with Crippen LogP contribution in [-0.2, 0) is 4.79 Å². The fourth-order valence-electron chi connectivity index (χ4n) is 3.21. The summed E-state index contributed by atoms with van der Waals surface area (Å²) in [6.45, 7) is 6.28. The maximum Gasteiger partial charge on any atom is 0.234 e. The first-order valence-electron chi connectivity index (χ1n) is 8.97. The fraction of sp³-hybridized carbons (Fsp3) is 0.474. The van der Waals surface area contributed by atoms with E-state index in [-0.39, 0.29) is 11.9 Å². The summed E-state index contributed by atoms with van der Waals surface area (Å²) in [6, 6.07) is 10.4. The highest BCUT2D eigenvalue weighted by Crippen LogP contribution is 2.20. The Morgan fingerprint density at radius 1 is 1.24 bits per heavy atom. The van der Waals surface area contributed by atoms with Gasteiger partial charge in [0.1, 0.15) is 0 Å². The normalized spacial score (nSPS) is 16.6. The molecule has 1 aliphatic heterocycles. The number of benzene rings is 1. The smallest absolute Gasteiger partial charge is 0.234 e. The zero-order chi connectivity index (χ0) is 17.5. The molecule has 1 aliphatic rings. The van der Waals surface area contributed by atoms with Gasteiger partial charge in [0, 0.05) is 37.8 Å². The van der Waals surface area contributed by atoms with E-state index in [1.54, 1.807) is 11.3 Å². The summed E-state index contributed by atoms with van der Waals surface area (Å²) in [4.78, 5) is 21.4. The fourth-order valence-corrected chi connectivity index (χ4v) is 3.91. The minimum Gasteiger partial charge on any atom is -0.348 e. The molecular weight excluding hydrogens is 332 g/mol. The van der Waals surface area contributed by atoms with Crippen molar-refractivity contribution in [2.45, 2.75) is 25.8 Å². The van der Waals surface area contributed by atoms with E-state index < -0.39 is 0 Å². The number of piperazine rings is 1. The highest BCUT2D eigenvalue weighted by Gasteiger charge is 2.21. The van der Waals surface area contributed by atoms with Gasteiger partial charge in [-0.3, -0.25) is 9.69 Å². The van der Waals surface area contributed by atoms with Crippen LogP contribution >= 0.6 is 11.3 Å². The third kappa shape index (κ3) is 5.03. The Labute approximate surface area is 153 Å². The first kappa shape index (κ1) is 17.9. The summed E-state index contributed by atoms with van der Waals surface area (Å²) >= 11 is 1.67. The number of amides is 1. The number of rotatable bonds is 7. The van der Waals surface area contributed by atoms with Crippen LogP contribution in [0.2, 0.25) is 0 Å². The Hall–Kier alpha value is -1.92. The summed E-state index contributed by atoms with van der Waals surface area (Å²) < 4.78 is 0. The molecule has 1 fully saturated rings. The number of hydrogen-bond acceptors (Lipinski definition) is 5. The molecule has 0 aliphatic carbocycles. The molecule has 1 unspecified atom stereocenters. The van der Waals surface area contributed by atoms with Crippen molar-refractivity contribution in [2.24, 2.45) is 0 Å². The lowest BCUT2D eigenvalue weighted by molar-refractivity contribution is -0.123. The topological polar surface area (TPSA) is 48.5 Å². The van der Waals surface area contributed by atoms with Crippen LogP contribution in [0, 0.1) is 0 Å². The molecular formula is C19H26N4OS. The van der Waals surface area contributed by atoms with Crippen LogP contribution in [0.25, 0.3) is 0 Å². The van der Waals surface area contributed by atoms with Gasteiger partial charge in [-0.15, -0.1) is 11.3 Å². The molecule has 1 amide bonds. The second kappa shape index (κ2) is 8.97. The number of nitrogens with zero attached hydrogens (tertiary/aromatic N) is 3. The van der Waals surface area contributed by atoms with Crippen molar-refractivity contribution in [3.8, 4) is 0 Å². The molecule has 2 aromatic rings. The number of nitrogens with one attached hydrogen (secondary N) is 1. The van der Waals surface area contributed by atoms with Gasteiger partial charge < -0.3 is 10.2 Å². The van der Waals surface area contributed by atoms with E-state index in [4.69, 9.17) is 0 Å². The molecule has 1 aromatic heterocycles. The highest BCUT2D eigenvalue weighted by atomic mass is 32.1. The van der Waals surface area contributed by atoms with Crippen LogP contribution in [0.3, 0.4) is 0 Å². The number of hydrogen-bond donors (Lipinski definition) is 1. The van der Waals surface area contributed by atoms with Gasteiger partial charge in [-0.1, -0.05) is 43.7 Å². The molecule has 0 radical (unpaired) electrons. The average Bonchev–Trinajstić information content (AvgIpc) is 3.17. The zero-order valence-corrected chi connectivity index (χ0v) is 15.5. The lowest BCUT2D eigenvalue weighted by Gasteiger charge is -2.34. The van der Waals surface area contributed by atoms with E-state index in [0.29, 0.717) is 6.54 Å². The van der Waals surface area contributed by atoms with Crippen molar-refractivity contribution in [3.05, 3.63) is 47.5 Å². The Kier molecular flexibility index (Phi) is 6.42. The second-order valence-electron chi connectivity index (χ2n) is 6.40. The van der Waals surface area contributed by atoms with E-state index in [1.165, 1.54) is 5.56 Å².